The molecule has 0 saturated carbocycles. The number of rotatable bonds is 3. The first-order chi connectivity index (χ1) is 10.1. The first kappa shape index (κ1) is 14.0. The van der Waals surface area contributed by atoms with Gasteiger partial charge in [0.25, 0.3) is 0 Å². The van der Waals surface area contributed by atoms with Crippen molar-refractivity contribution in [3.63, 3.8) is 0 Å². The summed E-state index contributed by atoms with van der Waals surface area (Å²) in [4.78, 5) is 11.3. The van der Waals surface area contributed by atoms with Gasteiger partial charge in [0.05, 0.1) is 0 Å². The molecule has 3 nitrogen and oxygen atoms in total. The number of carbonyl (C=O) groups is 1. The summed E-state index contributed by atoms with van der Waals surface area (Å²) < 4.78 is 5.99. The third kappa shape index (κ3) is 2.88. The molecule has 1 N–H and O–H groups in total. The molecule has 4 heteroatoms. The lowest BCUT2D eigenvalue weighted by Crippen LogP contribution is -2.16. The smallest absolute Gasteiger partial charge is 0.339 e. The summed E-state index contributed by atoms with van der Waals surface area (Å²) in [6.45, 7) is 0. The normalized spacial score (nSPS) is 17.1. The highest BCUT2D eigenvalue weighted by Gasteiger charge is 2.23. The molecule has 0 spiro atoms. The van der Waals surface area contributed by atoms with E-state index in [0.29, 0.717) is 10.8 Å². The molecule has 1 aliphatic rings. The molecule has 108 valence electrons. The fourth-order valence-corrected chi connectivity index (χ4v) is 2.93. The molecular weight excluding hydrogens is 288 g/mol. The van der Waals surface area contributed by atoms with Gasteiger partial charge >= 0.3 is 5.97 Å². The van der Waals surface area contributed by atoms with E-state index in [1.165, 1.54) is 11.6 Å². The summed E-state index contributed by atoms with van der Waals surface area (Å²) in [7, 11) is 0. The number of fused-ring (bicyclic) bond motifs is 1. The van der Waals surface area contributed by atoms with Gasteiger partial charge in [-0.05, 0) is 48.6 Å². The van der Waals surface area contributed by atoms with Crippen LogP contribution in [0, 0.1) is 0 Å². The van der Waals surface area contributed by atoms with E-state index < -0.39 is 5.97 Å². The summed E-state index contributed by atoms with van der Waals surface area (Å²) in [5, 5.41) is 9.67. The largest absolute Gasteiger partial charge is 0.485 e. The van der Waals surface area contributed by atoms with E-state index in [9.17, 15) is 9.90 Å². The maximum Gasteiger partial charge on any atom is 0.339 e. The Hall–Kier alpha value is -2.00. The Labute approximate surface area is 128 Å². The molecule has 0 aromatic heterocycles. The predicted octanol–water partition coefficient (Wildman–Crippen LogP) is 4.49. The van der Waals surface area contributed by atoms with Crippen molar-refractivity contribution in [3.05, 3.63) is 64.2 Å². The van der Waals surface area contributed by atoms with Crippen molar-refractivity contribution in [1.29, 1.82) is 0 Å². The zero-order valence-corrected chi connectivity index (χ0v) is 12.1. The van der Waals surface area contributed by atoms with Gasteiger partial charge in [0.1, 0.15) is 17.4 Å². The number of carboxylic acids is 1. The van der Waals surface area contributed by atoms with Gasteiger partial charge in [0, 0.05) is 5.02 Å². The van der Waals surface area contributed by atoms with E-state index in [1.807, 2.05) is 12.1 Å². The predicted molar refractivity (Wildman–Crippen MR) is 81.2 cm³/mol. The third-order valence-corrected chi connectivity index (χ3v) is 3.99. The van der Waals surface area contributed by atoms with Crippen LogP contribution in [0.5, 0.6) is 5.75 Å². The van der Waals surface area contributed by atoms with Crippen LogP contribution in [0.2, 0.25) is 5.02 Å². The van der Waals surface area contributed by atoms with Crippen molar-refractivity contribution in [3.8, 4) is 5.75 Å². The molecule has 0 saturated heterocycles. The van der Waals surface area contributed by atoms with Gasteiger partial charge in [-0.15, -0.1) is 0 Å². The van der Waals surface area contributed by atoms with E-state index >= 15 is 0 Å². The lowest BCUT2D eigenvalue weighted by Gasteiger charge is -2.26. The van der Waals surface area contributed by atoms with Crippen molar-refractivity contribution in [2.45, 2.75) is 25.4 Å². The van der Waals surface area contributed by atoms with Gasteiger partial charge in [0.15, 0.2) is 0 Å². The molecule has 0 aliphatic heterocycles. The van der Waals surface area contributed by atoms with Crippen LogP contribution in [0.1, 0.15) is 40.4 Å². The number of aromatic carboxylic acids is 1. The Kier molecular flexibility index (Phi) is 3.84. The quantitative estimate of drug-likeness (QED) is 0.908. The molecule has 1 unspecified atom stereocenters. The van der Waals surface area contributed by atoms with Crippen LogP contribution in [0.25, 0.3) is 0 Å². The van der Waals surface area contributed by atoms with Gasteiger partial charge in [-0.25, -0.2) is 4.79 Å². The standard InChI is InChI=1S/C17H15ClO3/c18-12-8-9-16(14(10-12)17(19)20)21-15-7-3-5-11-4-1-2-6-13(11)15/h1-2,4,6,8-10,15H,3,5,7H2,(H,19,20). The first-order valence-electron chi connectivity index (χ1n) is 6.92. The summed E-state index contributed by atoms with van der Waals surface area (Å²) >= 11 is 5.87. The Morgan fingerprint density at radius 2 is 2.05 bits per heavy atom. The SMILES string of the molecule is O=C(O)c1cc(Cl)ccc1OC1CCCc2ccccc21. The molecule has 2 aromatic carbocycles. The minimum Gasteiger partial charge on any atom is -0.485 e. The molecule has 0 bridgehead atoms. The van der Waals surface area contributed by atoms with E-state index in [1.54, 1.807) is 12.1 Å². The second-order valence-electron chi connectivity index (χ2n) is 5.14. The average molecular weight is 303 g/mol. The second-order valence-corrected chi connectivity index (χ2v) is 5.58. The average Bonchev–Trinajstić information content (AvgIpc) is 2.49. The number of hydrogen-bond donors (Lipinski definition) is 1. The molecule has 1 aliphatic carbocycles. The Morgan fingerprint density at radius 1 is 1.24 bits per heavy atom. The van der Waals surface area contributed by atoms with E-state index in [2.05, 4.69) is 12.1 Å². The van der Waals surface area contributed by atoms with E-state index in [-0.39, 0.29) is 11.7 Å². The van der Waals surface area contributed by atoms with Crippen molar-refractivity contribution in [1.82, 2.24) is 0 Å². The van der Waals surface area contributed by atoms with Crippen LogP contribution in [0.4, 0.5) is 0 Å². The van der Waals surface area contributed by atoms with E-state index in [0.717, 1.165) is 24.8 Å². The highest BCUT2D eigenvalue weighted by Crippen LogP contribution is 2.35. The van der Waals surface area contributed by atoms with Gasteiger partial charge in [0.2, 0.25) is 0 Å². The summed E-state index contributed by atoms with van der Waals surface area (Å²) in [6, 6.07) is 12.9. The maximum atomic E-state index is 11.3. The molecule has 0 fully saturated rings. The lowest BCUT2D eigenvalue weighted by molar-refractivity contribution is 0.0687. The summed E-state index contributed by atoms with van der Waals surface area (Å²) in [5.41, 5.74) is 2.53. The molecule has 1 atom stereocenters. The van der Waals surface area contributed by atoms with Crippen molar-refractivity contribution < 1.29 is 14.6 Å². The van der Waals surface area contributed by atoms with Crippen LogP contribution in [0.15, 0.2) is 42.5 Å². The number of benzene rings is 2. The van der Waals surface area contributed by atoms with Crippen molar-refractivity contribution >= 4 is 17.6 Å². The Morgan fingerprint density at radius 3 is 2.86 bits per heavy atom. The minimum absolute atomic E-state index is 0.102. The van der Waals surface area contributed by atoms with Crippen LogP contribution < -0.4 is 4.74 Å². The van der Waals surface area contributed by atoms with Crippen molar-refractivity contribution in [2.24, 2.45) is 0 Å². The van der Waals surface area contributed by atoms with Crippen LogP contribution >= 0.6 is 11.6 Å². The third-order valence-electron chi connectivity index (χ3n) is 3.76. The second kappa shape index (κ2) is 5.78. The van der Waals surface area contributed by atoms with E-state index in [4.69, 9.17) is 16.3 Å². The van der Waals surface area contributed by atoms with Gasteiger partial charge in [-0.2, -0.15) is 0 Å². The minimum atomic E-state index is -1.03. The maximum absolute atomic E-state index is 11.3. The Bertz CT molecular complexity index is 681. The summed E-state index contributed by atoms with van der Waals surface area (Å²) in [6.07, 6.45) is 2.87. The van der Waals surface area contributed by atoms with Crippen molar-refractivity contribution in [2.75, 3.05) is 0 Å². The highest BCUT2D eigenvalue weighted by molar-refractivity contribution is 6.31. The van der Waals surface area contributed by atoms with Crippen LogP contribution in [-0.2, 0) is 6.42 Å². The highest BCUT2D eigenvalue weighted by atomic mass is 35.5. The zero-order valence-electron chi connectivity index (χ0n) is 11.4. The molecular formula is C17H15ClO3. The lowest BCUT2D eigenvalue weighted by atomic mass is 9.89. The van der Waals surface area contributed by atoms with Gasteiger partial charge < -0.3 is 9.84 Å². The molecule has 0 radical (unpaired) electrons. The number of hydrogen-bond acceptors (Lipinski definition) is 2. The fraction of sp³-hybridized carbons (Fsp3) is 0.235. The fourth-order valence-electron chi connectivity index (χ4n) is 2.76. The number of carboxylic acid groups (broad SMARTS) is 1. The topological polar surface area (TPSA) is 46.5 Å². The number of ether oxygens (including phenoxy) is 1. The van der Waals surface area contributed by atoms with Gasteiger partial charge in [-0.3, -0.25) is 0 Å². The van der Waals surface area contributed by atoms with Crippen LogP contribution in [-0.4, -0.2) is 11.1 Å². The molecule has 0 heterocycles. The molecule has 2 aromatic rings. The Balaban J connectivity index is 1.93. The van der Waals surface area contributed by atoms with Crippen LogP contribution in [0.3, 0.4) is 0 Å². The monoisotopic (exact) mass is 302 g/mol. The molecule has 3 rings (SSSR count). The summed E-state index contributed by atoms with van der Waals surface area (Å²) in [5.74, 6) is -0.662. The molecule has 0 amide bonds. The van der Waals surface area contributed by atoms with Gasteiger partial charge in [-0.1, -0.05) is 35.9 Å². The first-order valence-corrected chi connectivity index (χ1v) is 7.30. The zero-order chi connectivity index (χ0) is 14.8. The number of halogens is 1. The number of aryl methyl sites for hydroxylation is 1. The molecule has 21 heavy (non-hydrogen) atoms.